The molecule has 0 radical (unpaired) electrons. The smallest absolute Gasteiger partial charge is 0.416 e. The Balaban J connectivity index is 2.03. The number of fused-ring (bicyclic) bond motifs is 1. The lowest BCUT2D eigenvalue weighted by atomic mass is 10.1. The zero-order valence-electron chi connectivity index (χ0n) is 12.2. The lowest BCUT2D eigenvalue weighted by molar-refractivity contribution is -0.137. The fourth-order valence-corrected chi connectivity index (χ4v) is 2.31. The first-order chi connectivity index (χ1) is 11.0. The molecule has 1 N–H and O–H groups in total. The van der Waals surface area contributed by atoms with Gasteiger partial charge in [0.2, 0.25) is 0 Å². The molecule has 2 aromatic carbocycles. The maximum absolute atomic E-state index is 12.8. The van der Waals surface area contributed by atoms with E-state index >= 15 is 0 Å². The number of rotatable bonds is 3. The van der Waals surface area contributed by atoms with E-state index in [1.807, 2.05) is 6.07 Å². The Kier molecular flexibility index (Phi) is 3.82. The van der Waals surface area contributed by atoms with Gasteiger partial charge in [0, 0.05) is 24.3 Å². The molecule has 0 spiro atoms. The summed E-state index contributed by atoms with van der Waals surface area (Å²) < 4.78 is 44.0. The van der Waals surface area contributed by atoms with E-state index in [2.05, 4.69) is 10.3 Å². The van der Waals surface area contributed by atoms with Crippen molar-refractivity contribution in [2.24, 2.45) is 0 Å². The maximum atomic E-state index is 12.8. The first kappa shape index (κ1) is 15.1. The lowest BCUT2D eigenvalue weighted by Gasteiger charge is -2.13. The second kappa shape index (κ2) is 5.79. The van der Waals surface area contributed by atoms with Gasteiger partial charge in [-0.3, -0.25) is 4.98 Å². The molecule has 0 amide bonds. The van der Waals surface area contributed by atoms with Gasteiger partial charge in [0.1, 0.15) is 11.3 Å². The molecule has 3 nitrogen and oxygen atoms in total. The van der Waals surface area contributed by atoms with Crippen LogP contribution in [0.3, 0.4) is 0 Å². The van der Waals surface area contributed by atoms with Crippen molar-refractivity contribution in [1.29, 1.82) is 0 Å². The van der Waals surface area contributed by atoms with Gasteiger partial charge < -0.3 is 10.1 Å². The fraction of sp³-hybridized carbons (Fsp3) is 0.118. The van der Waals surface area contributed by atoms with Crippen LogP contribution in [0, 0.1) is 0 Å². The topological polar surface area (TPSA) is 34.1 Å². The van der Waals surface area contributed by atoms with E-state index in [1.54, 1.807) is 31.4 Å². The van der Waals surface area contributed by atoms with Gasteiger partial charge in [0.25, 0.3) is 0 Å². The summed E-state index contributed by atoms with van der Waals surface area (Å²) in [6.45, 7) is 0. The van der Waals surface area contributed by atoms with Crippen molar-refractivity contribution in [2.45, 2.75) is 6.18 Å². The number of aromatic nitrogens is 1. The summed E-state index contributed by atoms with van der Waals surface area (Å²) >= 11 is 0. The first-order valence-corrected chi connectivity index (χ1v) is 6.89. The quantitative estimate of drug-likeness (QED) is 0.730. The van der Waals surface area contributed by atoms with E-state index in [0.717, 1.165) is 23.2 Å². The van der Waals surface area contributed by atoms with Crippen LogP contribution in [0.1, 0.15) is 5.56 Å². The van der Waals surface area contributed by atoms with Crippen LogP contribution in [-0.4, -0.2) is 12.0 Å². The molecule has 0 saturated carbocycles. The SMILES string of the molecule is CNc1ccc(Oc2cccc(C(F)(F)F)c2)c2ncccc12. The number of nitrogens with one attached hydrogen (secondary N) is 1. The van der Waals surface area contributed by atoms with Gasteiger partial charge in [-0.25, -0.2) is 0 Å². The zero-order chi connectivity index (χ0) is 16.4. The molecule has 6 heteroatoms. The number of pyridine rings is 1. The summed E-state index contributed by atoms with van der Waals surface area (Å²) in [4.78, 5) is 4.27. The van der Waals surface area contributed by atoms with Crippen LogP contribution in [0.25, 0.3) is 10.9 Å². The second-order valence-electron chi connectivity index (χ2n) is 4.89. The van der Waals surface area contributed by atoms with Crippen LogP contribution in [0.5, 0.6) is 11.5 Å². The molecular formula is C17H13F3N2O. The molecule has 0 saturated heterocycles. The fourth-order valence-electron chi connectivity index (χ4n) is 2.31. The van der Waals surface area contributed by atoms with Gasteiger partial charge in [-0.15, -0.1) is 0 Å². The Labute approximate surface area is 130 Å². The summed E-state index contributed by atoms with van der Waals surface area (Å²) in [7, 11) is 1.79. The van der Waals surface area contributed by atoms with Gasteiger partial charge in [-0.2, -0.15) is 13.2 Å². The zero-order valence-corrected chi connectivity index (χ0v) is 12.2. The lowest BCUT2D eigenvalue weighted by Crippen LogP contribution is -2.04. The van der Waals surface area contributed by atoms with E-state index in [4.69, 9.17) is 4.74 Å². The summed E-state index contributed by atoms with van der Waals surface area (Å²) in [5.41, 5.74) is 0.695. The number of nitrogens with zero attached hydrogens (tertiary/aromatic N) is 1. The number of alkyl halides is 3. The average molecular weight is 318 g/mol. The van der Waals surface area contributed by atoms with Crippen LogP contribution < -0.4 is 10.1 Å². The third-order valence-corrected chi connectivity index (χ3v) is 3.39. The highest BCUT2D eigenvalue weighted by atomic mass is 19.4. The minimum atomic E-state index is -4.41. The predicted octanol–water partition coefficient (Wildman–Crippen LogP) is 5.09. The highest BCUT2D eigenvalue weighted by molar-refractivity contribution is 5.95. The van der Waals surface area contributed by atoms with Gasteiger partial charge in [-0.1, -0.05) is 6.07 Å². The van der Waals surface area contributed by atoms with Crippen molar-refractivity contribution < 1.29 is 17.9 Å². The normalized spacial score (nSPS) is 11.5. The molecule has 1 heterocycles. The molecule has 3 rings (SSSR count). The van der Waals surface area contributed by atoms with Crippen molar-refractivity contribution in [3.05, 3.63) is 60.3 Å². The summed E-state index contributed by atoms with van der Waals surface area (Å²) in [5.74, 6) is 0.517. The molecule has 0 unspecified atom stereocenters. The van der Waals surface area contributed by atoms with E-state index < -0.39 is 11.7 Å². The largest absolute Gasteiger partial charge is 0.455 e. The predicted molar refractivity (Wildman–Crippen MR) is 82.8 cm³/mol. The minimum absolute atomic E-state index is 0.115. The van der Waals surface area contributed by atoms with Crippen molar-refractivity contribution in [3.8, 4) is 11.5 Å². The highest BCUT2D eigenvalue weighted by Crippen LogP contribution is 2.35. The van der Waals surface area contributed by atoms with E-state index in [9.17, 15) is 13.2 Å². The number of hydrogen-bond acceptors (Lipinski definition) is 3. The average Bonchev–Trinajstić information content (AvgIpc) is 2.55. The van der Waals surface area contributed by atoms with Gasteiger partial charge in [-0.05, 0) is 42.5 Å². The molecule has 3 aromatic rings. The third-order valence-electron chi connectivity index (χ3n) is 3.39. The van der Waals surface area contributed by atoms with Gasteiger partial charge in [0.15, 0.2) is 5.75 Å². The summed E-state index contributed by atoms with van der Waals surface area (Å²) in [6.07, 6.45) is -2.80. The van der Waals surface area contributed by atoms with E-state index in [1.165, 1.54) is 12.1 Å². The molecule has 0 aliphatic rings. The Bertz CT molecular complexity index is 847. The number of benzene rings is 2. The number of hydrogen-bond donors (Lipinski definition) is 1. The molecule has 0 aliphatic carbocycles. The molecule has 0 fully saturated rings. The Morgan fingerprint density at radius 1 is 1.04 bits per heavy atom. The second-order valence-corrected chi connectivity index (χ2v) is 4.89. The van der Waals surface area contributed by atoms with Crippen LogP contribution in [0.4, 0.5) is 18.9 Å². The highest BCUT2D eigenvalue weighted by Gasteiger charge is 2.30. The van der Waals surface area contributed by atoms with Gasteiger partial charge >= 0.3 is 6.18 Å². The minimum Gasteiger partial charge on any atom is -0.455 e. The number of anilines is 1. The first-order valence-electron chi connectivity index (χ1n) is 6.89. The Morgan fingerprint density at radius 3 is 2.61 bits per heavy atom. The summed E-state index contributed by atoms with van der Waals surface area (Å²) in [6, 6.07) is 11.9. The van der Waals surface area contributed by atoms with Crippen molar-refractivity contribution >= 4 is 16.6 Å². The summed E-state index contributed by atoms with van der Waals surface area (Å²) in [5, 5.41) is 3.88. The molecule has 0 bridgehead atoms. The van der Waals surface area contributed by atoms with Gasteiger partial charge in [0.05, 0.1) is 5.56 Å². The van der Waals surface area contributed by atoms with Crippen LogP contribution in [-0.2, 0) is 6.18 Å². The molecule has 0 aliphatic heterocycles. The molecular weight excluding hydrogens is 305 g/mol. The maximum Gasteiger partial charge on any atom is 0.416 e. The van der Waals surface area contributed by atoms with E-state index in [0.29, 0.717) is 11.3 Å². The van der Waals surface area contributed by atoms with Crippen molar-refractivity contribution in [2.75, 3.05) is 12.4 Å². The molecule has 118 valence electrons. The molecule has 0 atom stereocenters. The number of ether oxygens (including phenoxy) is 1. The van der Waals surface area contributed by atoms with Crippen molar-refractivity contribution in [3.63, 3.8) is 0 Å². The Morgan fingerprint density at radius 2 is 1.87 bits per heavy atom. The standard InChI is InChI=1S/C17H13F3N2O/c1-21-14-7-8-15(16-13(14)6-3-9-22-16)23-12-5-2-4-11(10-12)17(18,19)20/h2-10,21H,1H3. The molecule has 1 aromatic heterocycles. The van der Waals surface area contributed by atoms with Crippen LogP contribution in [0.15, 0.2) is 54.7 Å². The monoisotopic (exact) mass is 318 g/mol. The van der Waals surface area contributed by atoms with Crippen LogP contribution >= 0.6 is 0 Å². The number of halogens is 3. The van der Waals surface area contributed by atoms with Crippen LogP contribution in [0.2, 0.25) is 0 Å². The van der Waals surface area contributed by atoms with Crippen molar-refractivity contribution in [1.82, 2.24) is 4.98 Å². The Hall–Kier alpha value is -2.76. The molecule has 23 heavy (non-hydrogen) atoms. The third kappa shape index (κ3) is 3.06. The van der Waals surface area contributed by atoms with E-state index in [-0.39, 0.29) is 5.75 Å².